The Balaban J connectivity index is 2.45. The Hall–Kier alpha value is 0.0649. The second-order valence-corrected chi connectivity index (χ2v) is 7.99. The highest BCUT2D eigenvalue weighted by Gasteiger charge is 2.24. The molecule has 0 aromatic carbocycles. The number of rotatable bonds is 3. The van der Waals surface area contributed by atoms with Crippen LogP contribution in [0.1, 0.15) is 97.8 Å². The average Bonchev–Trinajstić information content (AvgIpc) is 2.34. The molecule has 1 saturated carbocycles. The van der Waals surface area contributed by atoms with Gasteiger partial charge in [0.05, 0.1) is 7.85 Å². The molecule has 1 aliphatic rings. The first-order chi connectivity index (χ1) is 8.97. The minimum absolute atomic E-state index is 0.577. The van der Waals surface area contributed by atoms with Crippen LogP contribution >= 0.6 is 0 Å². The molecule has 0 spiro atoms. The minimum Gasteiger partial charge on any atom is -0.0887 e. The van der Waals surface area contributed by atoms with Crippen molar-refractivity contribution in [3.8, 4) is 0 Å². The Morgan fingerprint density at radius 2 is 1.21 bits per heavy atom. The first kappa shape index (κ1) is 17.1. The van der Waals surface area contributed by atoms with Crippen molar-refractivity contribution in [3.63, 3.8) is 0 Å². The van der Waals surface area contributed by atoms with Crippen LogP contribution in [-0.2, 0) is 0 Å². The topological polar surface area (TPSA) is 0 Å². The molecule has 0 N–H and O–H groups in total. The Labute approximate surface area is 123 Å². The molecule has 110 valence electrons. The summed E-state index contributed by atoms with van der Waals surface area (Å²) in [6.45, 7) is 7.44. The maximum atomic E-state index is 5.71. The summed E-state index contributed by atoms with van der Waals surface area (Å²) < 4.78 is 0. The predicted molar refractivity (Wildman–Crippen MR) is 87.9 cm³/mol. The van der Waals surface area contributed by atoms with Gasteiger partial charge in [-0.25, -0.2) is 0 Å². The fraction of sp³-hybridized carbons (Fsp3) is 1.00. The zero-order chi connectivity index (χ0) is 14.2. The van der Waals surface area contributed by atoms with Crippen LogP contribution in [0.4, 0.5) is 0 Å². The van der Waals surface area contributed by atoms with Crippen LogP contribution in [0.3, 0.4) is 0 Å². The van der Waals surface area contributed by atoms with Crippen LogP contribution in [0.5, 0.6) is 0 Å². The molecule has 0 aromatic heterocycles. The van der Waals surface area contributed by atoms with E-state index in [1.165, 1.54) is 77.0 Å². The molecule has 0 atom stereocenters. The predicted octanol–water partition coefficient (Wildman–Crippen LogP) is 6.30. The van der Waals surface area contributed by atoms with Gasteiger partial charge in [-0.3, -0.25) is 0 Å². The highest BCUT2D eigenvalue weighted by molar-refractivity contribution is 6.08. The minimum atomic E-state index is 0.577. The van der Waals surface area contributed by atoms with E-state index >= 15 is 0 Å². The quantitative estimate of drug-likeness (QED) is 0.523. The Morgan fingerprint density at radius 3 is 1.68 bits per heavy atom. The van der Waals surface area contributed by atoms with E-state index in [1.54, 1.807) is 0 Å². The van der Waals surface area contributed by atoms with E-state index < -0.39 is 0 Å². The molecule has 1 fully saturated rings. The van der Waals surface area contributed by atoms with E-state index in [0.29, 0.717) is 10.8 Å². The molecular weight excluding hydrogens is 227 g/mol. The van der Waals surface area contributed by atoms with E-state index in [-0.39, 0.29) is 0 Å². The highest BCUT2D eigenvalue weighted by Crippen LogP contribution is 2.38. The molecule has 0 amide bonds. The fourth-order valence-electron chi connectivity index (χ4n) is 3.69. The first-order valence-electron chi connectivity index (χ1n) is 8.68. The molecule has 0 aliphatic heterocycles. The molecule has 1 rings (SSSR count). The lowest BCUT2D eigenvalue weighted by molar-refractivity contribution is 0.213. The van der Waals surface area contributed by atoms with Gasteiger partial charge in [-0.1, -0.05) is 72.0 Å². The molecule has 0 nitrogen and oxygen atoms in total. The molecule has 0 aromatic rings. The van der Waals surface area contributed by atoms with Gasteiger partial charge < -0.3 is 0 Å². The lowest BCUT2D eigenvalue weighted by atomic mass is 9.73. The standard InChI is InChI=1S/C18H35B/c1-17(2)11-6-4-8-13-18(3,15-10-16-19)14-9-5-7-12-17/h4-16H2,1-3H3. The molecule has 0 saturated heterocycles. The van der Waals surface area contributed by atoms with Gasteiger partial charge in [0.1, 0.15) is 0 Å². The first-order valence-corrected chi connectivity index (χ1v) is 8.68. The van der Waals surface area contributed by atoms with Gasteiger partial charge in [-0.05, 0) is 42.9 Å². The van der Waals surface area contributed by atoms with E-state index in [0.717, 1.165) is 6.32 Å². The van der Waals surface area contributed by atoms with Gasteiger partial charge in [0, 0.05) is 0 Å². The molecule has 1 heteroatoms. The van der Waals surface area contributed by atoms with Gasteiger partial charge in [-0.15, -0.1) is 0 Å². The Bertz CT molecular complexity index is 216. The molecule has 0 unspecified atom stereocenters. The monoisotopic (exact) mass is 262 g/mol. The maximum Gasteiger partial charge on any atom is 0.0653 e. The van der Waals surface area contributed by atoms with Crippen molar-refractivity contribution in [1.82, 2.24) is 0 Å². The van der Waals surface area contributed by atoms with Crippen LogP contribution < -0.4 is 0 Å². The average molecular weight is 262 g/mol. The lowest BCUT2D eigenvalue weighted by Gasteiger charge is -2.31. The summed E-state index contributed by atoms with van der Waals surface area (Å²) >= 11 is 0. The van der Waals surface area contributed by atoms with Crippen molar-refractivity contribution in [2.75, 3.05) is 0 Å². The molecule has 2 radical (unpaired) electrons. The zero-order valence-corrected chi connectivity index (χ0v) is 13.8. The van der Waals surface area contributed by atoms with Gasteiger partial charge in [0.25, 0.3) is 0 Å². The Morgan fingerprint density at radius 1 is 0.737 bits per heavy atom. The number of hydrogen-bond donors (Lipinski definition) is 0. The third-order valence-corrected chi connectivity index (χ3v) is 5.25. The second kappa shape index (κ2) is 8.37. The molecule has 0 bridgehead atoms. The zero-order valence-electron chi connectivity index (χ0n) is 13.8. The van der Waals surface area contributed by atoms with Crippen molar-refractivity contribution in [3.05, 3.63) is 0 Å². The van der Waals surface area contributed by atoms with Crippen LogP contribution in [0.15, 0.2) is 0 Å². The van der Waals surface area contributed by atoms with Gasteiger partial charge in [0.2, 0.25) is 0 Å². The maximum absolute atomic E-state index is 5.71. The van der Waals surface area contributed by atoms with E-state index in [9.17, 15) is 0 Å². The summed E-state index contributed by atoms with van der Waals surface area (Å²) in [5, 5.41) is 0. The molecule has 0 heterocycles. The van der Waals surface area contributed by atoms with E-state index in [4.69, 9.17) is 7.85 Å². The van der Waals surface area contributed by atoms with E-state index in [1.807, 2.05) is 0 Å². The molecular formula is C18H35B. The Kier molecular flexibility index (Phi) is 7.54. The summed E-state index contributed by atoms with van der Waals surface area (Å²) in [6.07, 6.45) is 17.7. The fourth-order valence-corrected chi connectivity index (χ4v) is 3.69. The van der Waals surface area contributed by atoms with Crippen molar-refractivity contribution in [1.29, 1.82) is 0 Å². The smallest absolute Gasteiger partial charge is 0.0653 e. The van der Waals surface area contributed by atoms with Gasteiger partial charge in [-0.2, -0.15) is 0 Å². The largest absolute Gasteiger partial charge is 0.0887 e. The van der Waals surface area contributed by atoms with Crippen molar-refractivity contribution in [2.24, 2.45) is 10.8 Å². The van der Waals surface area contributed by atoms with Crippen LogP contribution in [0.2, 0.25) is 6.32 Å². The van der Waals surface area contributed by atoms with Crippen molar-refractivity contribution >= 4 is 7.85 Å². The molecule has 19 heavy (non-hydrogen) atoms. The van der Waals surface area contributed by atoms with Gasteiger partial charge >= 0.3 is 0 Å². The number of hydrogen-bond acceptors (Lipinski definition) is 0. The summed E-state index contributed by atoms with van der Waals surface area (Å²) in [6, 6.07) is 0. The second-order valence-electron chi connectivity index (χ2n) is 7.99. The summed E-state index contributed by atoms with van der Waals surface area (Å²) in [7, 11) is 5.71. The molecule has 1 aliphatic carbocycles. The normalized spacial score (nSPS) is 25.2. The SMILES string of the molecule is [B]CCCC1(C)CCCCCC(C)(C)CCCCC1. The van der Waals surface area contributed by atoms with Crippen molar-refractivity contribution in [2.45, 2.75) is 104 Å². The summed E-state index contributed by atoms with van der Waals surface area (Å²) in [4.78, 5) is 0. The van der Waals surface area contributed by atoms with Crippen LogP contribution in [0.25, 0.3) is 0 Å². The van der Waals surface area contributed by atoms with Crippen LogP contribution in [-0.4, -0.2) is 7.85 Å². The third-order valence-electron chi connectivity index (χ3n) is 5.25. The summed E-state index contributed by atoms with van der Waals surface area (Å²) in [5.41, 5.74) is 1.16. The van der Waals surface area contributed by atoms with Crippen molar-refractivity contribution < 1.29 is 0 Å². The lowest BCUT2D eigenvalue weighted by Crippen LogP contribution is -2.18. The summed E-state index contributed by atoms with van der Waals surface area (Å²) in [5.74, 6) is 0. The highest BCUT2D eigenvalue weighted by atomic mass is 14.3. The van der Waals surface area contributed by atoms with E-state index in [2.05, 4.69) is 20.8 Å². The van der Waals surface area contributed by atoms with Crippen LogP contribution in [0, 0.1) is 10.8 Å². The van der Waals surface area contributed by atoms with Gasteiger partial charge in [0.15, 0.2) is 0 Å². The third kappa shape index (κ3) is 7.42.